The third-order valence-electron chi connectivity index (χ3n) is 2.85. The summed E-state index contributed by atoms with van der Waals surface area (Å²) in [4.78, 5) is 0. The van der Waals surface area contributed by atoms with Crippen LogP contribution < -0.4 is 0 Å². The van der Waals surface area contributed by atoms with E-state index in [1.807, 2.05) is 41.5 Å². The Bertz CT molecular complexity index is 223. The summed E-state index contributed by atoms with van der Waals surface area (Å²) in [6, 6.07) is 0. The normalized spacial score (nSPS) is 14.6. The highest BCUT2D eigenvalue weighted by Crippen LogP contribution is 2.03. The van der Waals surface area contributed by atoms with Crippen LogP contribution >= 0.6 is 0 Å². The molecule has 0 aliphatic carbocycles. The van der Waals surface area contributed by atoms with Crippen molar-refractivity contribution in [2.45, 2.75) is 66.0 Å². The molecule has 2 atom stereocenters. The maximum absolute atomic E-state index is 5.73. The predicted octanol–water partition coefficient (Wildman–Crippen LogP) is 2.64. The lowest BCUT2D eigenvalue weighted by molar-refractivity contribution is -0.172. The van der Waals surface area contributed by atoms with Gasteiger partial charge in [0.25, 0.3) is 0 Å². The Kier molecular flexibility index (Phi) is 15.1. The molecule has 0 aromatic heterocycles. The van der Waals surface area contributed by atoms with Crippen LogP contribution in [0.1, 0.15) is 41.5 Å². The minimum absolute atomic E-state index is 0.142. The molecule has 0 saturated carbocycles. The average Bonchev–Trinajstić information content (AvgIpc) is 2.50. The molecule has 6 heteroatoms. The van der Waals surface area contributed by atoms with E-state index >= 15 is 0 Å². The molecule has 0 aliphatic heterocycles. The third-order valence-corrected chi connectivity index (χ3v) is 2.85. The summed E-state index contributed by atoms with van der Waals surface area (Å²) < 4.78 is 33.5. The molecule has 140 valence electrons. The average molecular weight is 336 g/mol. The highest BCUT2D eigenvalue weighted by Gasteiger charge is 2.15. The molecule has 0 amide bonds. The summed E-state index contributed by atoms with van der Waals surface area (Å²) in [7, 11) is 0. The summed E-state index contributed by atoms with van der Waals surface area (Å²) in [6.45, 7) is 15.3. The van der Waals surface area contributed by atoms with E-state index in [-0.39, 0.29) is 31.2 Å². The van der Waals surface area contributed by atoms with E-state index in [1.165, 1.54) is 0 Å². The van der Waals surface area contributed by atoms with Crippen molar-refractivity contribution in [2.75, 3.05) is 46.4 Å². The Morgan fingerprint density at radius 2 is 0.957 bits per heavy atom. The Labute approximate surface area is 141 Å². The van der Waals surface area contributed by atoms with Crippen molar-refractivity contribution in [2.24, 2.45) is 0 Å². The van der Waals surface area contributed by atoms with Gasteiger partial charge in [0, 0.05) is 13.2 Å². The molecule has 0 aromatic rings. The van der Waals surface area contributed by atoms with Gasteiger partial charge in [-0.2, -0.15) is 0 Å². The second-order valence-corrected chi connectivity index (χ2v) is 5.78. The lowest BCUT2D eigenvalue weighted by Gasteiger charge is -2.22. The van der Waals surface area contributed by atoms with Gasteiger partial charge < -0.3 is 28.4 Å². The van der Waals surface area contributed by atoms with E-state index in [2.05, 4.69) is 0 Å². The molecule has 0 fully saturated rings. The van der Waals surface area contributed by atoms with Crippen LogP contribution in [0.4, 0.5) is 0 Å². The van der Waals surface area contributed by atoms with Crippen LogP contribution in [0, 0.1) is 0 Å². The van der Waals surface area contributed by atoms with Gasteiger partial charge in [-0.1, -0.05) is 0 Å². The Morgan fingerprint density at radius 3 is 1.26 bits per heavy atom. The van der Waals surface area contributed by atoms with Crippen LogP contribution in [-0.4, -0.2) is 70.9 Å². The van der Waals surface area contributed by atoms with Gasteiger partial charge in [0.2, 0.25) is 0 Å². The minimum atomic E-state index is -0.142. The van der Waals surface area contributed by atoms with Crippen molar-refractivity contribution in [3.63, 3.8) is 0 Å². The smallest absolute Gasteiger partial charge is 0.147 e. The van der Waals surface area contributed by atoms with E-state index in [1.54, 1.807) is 0 Å². The highest BCUT2D eigenvalue weighted by atomic mass is 16.7. The van der Waals surface area contributed by atoms with Crippen molar-refractivity contribution in [3.8, 4) is 0 Å². The maximum Gasteiger partial charge on any atom is 0.147 e. The number of hydrogen-bond acceptors (Lipinski definition) is 6. The second-order valence-electron chi connectivity index (χ2n) is 5.78. The van der Waals surface area contributed by atoms with Gasteiger partial charge in [-0.05, 0) is 41.5 Å². The van der Waals surface area contributed by atoms with Gasteiger partial charge in [0.1, 0.15) is 19.0 Å². The fourth-order valence-corrected chi connectivity index (χ4v) is 1.62. The van der Waals surface area contributed by atoms with Crippen molar-refractivity contribution in [1.29, 1.82) is 0 Å². The lowest BCUT2D eigenvalue weighted by atomic mass is 10.4. The summed E-state index contributed by atoms with van der Waals surface area (Å²) in [5.74, 6) is 0. The largest absolute Gasteiger partial charge is 0.379 e. The molecule has 0 bridgehead atoms. The topological polar surface area (TPSA) is 55.4 Å². The molecule has 0 aliphatic rings. The predicted molar refractivity (Wildman–Crippen MR) is 89.8 cm³/mol. The molecule has 0 aromatic carbocycles. The van der Waals surface area contributed by atoms with Gasteiger partial charge in [0.15, 0.2) is 0 Å². The first-order valence-corrected chi connectivity index (χ1v) is 8.61. The van der Waals surface area contributed by atoms with Crippen molar-refractivity contribution >= 4 is 0 Å². The zero-order chi connectivity index (χ0) is 17.5. The van der Waals surface area contributed by atoms with E-state index in [0.717, 1.165) is 0 Å². The lowest BCUT2D eigenvalue weighted by Crippen LogP contribution is -2.32. The Morgan fingerprint density at radius 1 is 0.565 bits per heavy atom. The van der Waals surface area contributed by atoms with Crippen LogP contribution in [0.15, 0.2) is 0 Å². The van der Waals surface area contributed by atoms with E-state index in [9.17, 15) is 0 Å². The van der Waals surface area contributed by atoms with Crippen molar-refractivity contribution < 1.29 is 28.4 Å². The first-order chi connectivity index (χ1) is 11.0. The maximum atomic E-state index is 5.73. The van der Waals surface area contributed by atoms with Crippen molar-refractivity contribution in [3.05, 3.63) is 0 Å². The van der Waals surface area contributed by atoms with Gasteiger partial charge in [0.05, 0.1) is 38.6 Å². The monoisotopic (exact) mass is 336 g/mol. The molecule has 0 heterocycles. The summed E-state index contributed by atoms with van der Waals surface area (Å²) >= 11 is 0. The third kappa shape index (κ3) is 15.1. The van der Waals surface area contributed by atoms with Crippen LogP contribution in [0.3, 0.4) is 0 Å². The molecule has 0 spiro atoms. The Balaban J connectivity index is 4.13. The molecule has 6 nitrogen and oxygen atoms in total. The van der Waals surface area contributed by atoms with Crippen LogP contribution in [-0.2, 0) is 28.4 Å². The zero-order valence-electron chi connectivity index (χ0n) is 15.7. The van der Waals surface area contributed by atoms with Gasteiger partial charge in [-0.15, -0.1) is 0 Å². The van der Waals surface area contributed by atoms with Gasteiger partial charge >= 0.3 is 0 Å². The molecule has 0 rings (SSSR count). The summed E-state index contributed by atoms with van der Waals surface area (Å²) in [5, 5.41) is 0. The highest BCUT2D eigenvalue weighted by molar-refractivity contribution is 4.58. The standard InChI is InChI=1S/C17H36O6/c1-7-18-9-16(11-20-14(3)4)22-13-23-17(10-19-8-2)12-21-15(5)6/h14-17H,7-13H2,1-6H3. The summed E-state index contributed by atoms with van der Waals surface area (Å²) in [6.07, 6.45) is 0.0369. The molecule has 0 N–H and O–H groups in total. The molecule has 23 heavy (non-hydrogen) atoms. The molecule has 0 radical (unpaired) electrons. The van der Waals surface area contributed by atoms with Gasteiger partial charge in [-0.25, -0.2) is 0 Å². The van der Waals surface area contributed by atoms with E-state index < -0.39 is 0 Å². The first-order valence-electron chi connectivity index (χ1n) is 8.61. The van der Waals surface area contributed by atoms with Crippen LogP contribution in [0.2, 0.25) is 0 Å². The van der Waals surface area contributed by atoms with Crippen LogP contribution in [0.25, 0.3) is 0 Å². The number of ether oxygens (including phenoxy) is 6. The number of rotatable bonds is 16. The molecular weight excluding hydrogens is 300 g/mol. The minimum Gasteiger partial charge on any atom is -0.379 e. The molecular formula is C17H36O6. The fourth-order valence-electron chi connectivity index (χ4n) is 1.62. The van der Waals surface area contributed by atoms with E-state index in [0.29, 0.717) is 39.6 Å². The zero-order valence-corrected chi connectivity index (χ0v) is 15.7. The van der Waals surface area contributed by atoms with E-state index in [4.69, 9.17) is 28.4 Å². The SMILES string of the molecule is CCOCC(COC(C)C)OCOC(COCC)COC(C)C. The quantitative estimate of drug-likeness (QED) is 0.404. The van der Waals surface area contributed by atoms with Gasteiger partial charge in [-0.3, -0.25) is 0 Å². The van der Waals surface area contributed by atoms with Crippen LogP contribution in [0.5, 0.6) is 0 Å². The van der Waals surface area contributed by atoms with Crippen molar-refractivity contribution in [1.82, 2.24) is 0 Å². The second kappa shape index (κ2) is 15.3. The first kappa shape index (κ1) is 22.8. The summed E-state index contributed by atoms with van der Waals surface area (Å²) in [5.41, 5.74) is 0. The molecule has 2 unspecified atom stereocenters. The fraction of sp³-hybridized carbons (Fsp3) is 1.00. The Hall–Kier alpha value is -0.240. The molecule has 0 saturated heterocycles. The number of hydrogen-bond donors (Lipinski definition) is 0.